The lowest BCUT2D eigenvalue weighted by Gasteiger charge is -2.11. The van der Waals surface area contributed by atoms with Crippen LogP contribution in [0.15, 0.2) is 42.5 Å². The predicted octanol–water partition coefficient (Wildman–Crippen LogP) is 3.01. The number of nitrogens with one attached hydrogen (secondary N) is 1. The molecule has 2 rings (SSSR count). The molecule has 0 aliphatic heterocycles. The molecular formula is C15H15NO3. The van der Waals surface area contributed by atoms with E-state index < -0.39 is 5.97 Å². The molecule has 98 valence electrons. The molecule has 3 N–H and O–H groups in total. The summed E-state index contributed by atoms with van der Waals surface area (Å²) in [7, 11) is 0. The Hall–Kier alpha value is -2.49. The van der Waals surface area contributed by atoms with Gasteiger partial charge in [0.1, 0.15) is 5.75 Å². The molecule has 0 saturated heterocycles. The monoisotopic (exact) mass is 257 g/mol. The largest absolute Gasteiger partial charge is 0.508 e. The van der Waals surface area contributed by atoms with Crippen LogP contribution in [-0.2, 0) is 6.54 Å². The van der Waals surface area contributed by atoms with Crippen LogP contribution in [0.3, 0.4) is 0 Å². The van der Waals surface area contributed by atoms with Crippen LogP contribution in [-0.4, -0.2) is 16.2 Å². The fraction of sp³-hybridized carbons (Fsp3) is 0.133. The molecule has 0 aliphatic carbocycles. The van der Waals surface area contributed by atoms with Gasteiger partial charge in [0.05, 0.1) is 5.56 Å². The molecule has 0 fully saturated rings. The Morgan fingerprint density at radius 3 is 2.58 bits per heavy atom. The number of aromatic carboxylic acids is 1. The van der Waals surface area contributed by atoms with Gasteiger partial charge >= 0.3 is 5.97 Å². The van der Waals surface area contributed by atoms with E-state index in [0.29, 0.717) is 6.54 Å². The second kappa shape index (κ2) is 5.44. The number of carboxylic acid groups (broad SMARTS) is 1. The van der Waals surface area contributed by atoms with Gasteiger partial charge in [-0.25, -0.2) is 4.79 Å². The zero-order valence-corrected chi connectivity index (χ0v) is 10.6. The van der Waals surface area contributed by atoms with E-state index in [9.17, 15) is 9.90 Å². The molecule has 0 aliphatic rings. The zero-order chi connectivity index (χ0) is 13.8. The summed E-state index contributed by atoms with van der Waals surface area (Å²) >= 11 is 0. The lowest BCUT2D eigenvalue weighted by molar-refractivity contribution is 0.0697. The van der Waals surface area contributed by atoms with Gasteiger partial charge in [0.25, 0.3) is 0 Å². The first-order chi connectivity index (χ1) is 9.08. The van der Waals surface area contributed by atoms with Crippen molar-refractivity contribution in [1.29, 1.82) is 0 Å². The number of rotatable bonds is 4. The van der Waals surface area contributed by atoms with E-state index in [1.807, 2.05) is 19.1 Å². The second-order valence-electron chi connectivity index (χ2n) is 4.32. The summed E-state index contributed by atoms with van der Waals surface area (Å²) in [5, 5.41) is 21.7. The van der Waals surface area contributed by atoms with Crippen LogP contribution >= 0.6 is 0 Å². The maximum Gasteiger partial charge on any atom is 0.335 e. The lowest BCUT2D eigenvalue weighted by atomic mass is 10.1. The van der Waals surface area contributed by atoms with E-state index in [1.54, 1.807) is 30.3 Å². The number of aromatic hydroxyl groups is 1. The van der Waals surface area contributed by atoms with Gasteiger partial charge in [0, 0.05) is 17.8 Å². The third kappa shape index (κ3) is 3.04. The topological polar surface area (TPSA) is 69.6 Å². The summed E-state index contributed by atoms with van der Waals surface area (Å²) in [6, 6.07) is 12.0. The molecule has 2 aromatic carbocycles. The molecule has 0 amide bonds. The first kappa shape index (κ1) is 13.0. The number of benzene rings is 2. The number of para-hydroxylation sites is 1. The van der Waals surface area contributed by atoms with Gasteiger partial charge in [-0.3, -0.25) is 0 Å². The average molecular weight is 257 g/mol. The van der Waals surface area contributed by atoms with Gasteiger partial charge in [-0.1, -0.05) is 18.2 Å². The predicted molar refractivity (Wildman–Crippen MR) is 73.6 cm³/mol. The van der Waals surface area contributed by atoms with E-state index in [4.69, 9.17) is 5.11 Å². The molecule has 4 nitrogen and oxygen atoms in total. The van der Waals surface area contributed by atoms with E-state index in [2.05, 4.69) is 5.32 Å². The van der Waals surface area contributed by atoms with Crippen molar-refractivity contribution in [1.82, 2.24) is 0 Å². The third-order valence-corrected chi connectivity index (χ3v) is 2.93. The number of anilines is 1. The summed E-state index contributed by atoms with van der Waals surface area (Å²) < 4.78 is 0. The quantitative estimate of drug-likeness (QED) is 0.787. The maximum absolute atomic E-state index is 10.8. The highest BCUT2D eigenvalue weighted by Crippen LogP contribution is 2.20. The Labute approximate surface area is 111 Å². The summed E-state index contributed by atoms with van der Waals surface area (Å²) in [4.78, 5) is 10.8. The number of carbonyl (C=O) groups is 1. The number of phenolic OH excluding ortho intramolecular Hbond substituents is 1. The minimum absolute atomic E-state index is 0.245. The van der Waals surface area contributed by atoms with Crippen LogP contribution in [0.4, 0.5) is 5.69 Å². The van der Waals surface area contributed by atoms with Crippen LogP contribution in [0.2, 0.25) is 0 Å². The SMILES string of the molecule is Cc1cc(C(=O)O)ccc1NCc1ccccc1O. The summed E-state index contributed by atoms with van der Waals surface area (Å²) in [5.41, 5.74) is 2.78. The molecule has 19 heavy (non-hydrogen) atoms. The first-order valence-electron chi connectivity index (χ1n) is 5.92. The Balaban J connectivity index is 2.12. The van der Waals surface area contributed by atoms with Crippen LogP contribution in [0.5, 0.6) is 5.75 Å². The normalized spacial score (nSPS) is 10.2. The average Bonchev–Trinajstić information content (AvgIpc) is 2.39. The molecule has 0 heterocycles. The number of phenols is 1. The number of carboxylic acids is 1. The molecule has 0 bridgehead atoms. The van der Waals surface area contributed by atoms with Gasteiger partial charge in [-0.2, -0.15) is 0 Å². The Morgan fingerprint density at radius 2 is 1.95 bits per heavy atom. The van der Waals surface area contributed by atoms with Gasteiger partial charge in [0.15, 0.2) is 0 Å². The third-order valence-electron chi connectivity index (χ3n) is 2.93. The highest BCUT2D eigenvalue weighted by atomic mass is 16.4. The minimum Gasteiger partial charge on any atom is -0.508 e. The first-order valence-corrected chi connectivity index (χ1v) is 5.92. The van der Waals surface area contributed by atoms with Crippen molar-refractivity contribution < 1.29 is 15.0 Å². The highest BCUT2D eigenvalue weighted by molar-refractivity contribution is 5.88. The molecule has 0 spiro atoms. The fourth-order valence-corrected chi connectivity index (χ4v) is 1.85. The van der Waals surface area contributed by atoms with Crippen molar-refractivity contribution in [2.24, 2.45) is 0 Å². The van der Waals surface area contributed by atoms with Crippen molar-refractivity contribution in [3.8, 4) is 5.75 Å². The van der Waals surface area contributed by atoms with E-state index in [-0.39, 0.29) is 11.3 Å². The van der Waals surface area contributed by atoms with Gasteiger partial charge in [-0.15, -0.1) is 0 Å². The Bertz CT molecular complexity index is 608. The minimum atomic E-state index is -0.935. The molecule has 0 radical (unpaired) electrons. The van der Waals surface area contributed by atoms with Crippen molar-refractivity contribution >= 4 is 11.7 Å². The van der Waals surface area contributed by atoms with Gasteiger partial charge < -0.3 is 15.5 Å². The molecule has 4 heteroatoms. The summed E-state index contributed by atoms with van der Waals surface area (Å²) in [6.07, 6.45) is 0. The van der Waals surface area contributed by atoms with E-state index in [1.165, 1.54) is 0 Å². The molecule has 0 unspecified atom stereocenters. The number of hydrogen-bond donors (Lipinski definition) is 3. The molecular weight excluding hydrogens is 242 g/mol. The smallest absolute Gasteiger partial charge is 0.335 e. The van der Waals surface area contributed by atoms with Crippen molar-refractivity contribution in [3.63, 3.8) is 0 Å². The number of hydrogen-bond acceptors (Lipinski definition) is 3. The van der Waals surface area contributed by atoms with Gasteiger partial charge in [-0.05, 0) is 36.8 Å². The molecule has 0 aromatic heterocycles. The van der Waals surface area contributed by atoms with Crippen molar-refractivity contribution in [2.75, 3.05) is 5.32 Å². The van der Waals surface area contributed by atoms with E-state index >= 15 is 0 Å². The Morgan fingerprint density at radius 1 is 1.21 bits per heavy atom. The van der Waals surface area contributed by atoms with Crippen LogP contribution in [0.25, 0.3) is 0 Å². The van der Waals surface area contributed by atoms with Crippen molar-refractivity contribution in [2.45, 2.75) is 13.5 Å². The van der Waals surface area contributed by atoms with E-state index in [0.717, 1.165) is 16.8 Å². The number of aryl methyl sites for hydroxylation is 1. The van der Waals surface area contributed by atoms with Crippen LogP contribution in [0, 0.1) is 6.92 Å². The standard InChI is InChI=1S/C15H15NO3/c1-10-8-11(15(18)19)6-7-13(10)16-9-12-4-2-3-5-14(12)17/h2-8,16-17H,9H2,1H3,(H,18,19). The van der Waals surface area contributed by atoms with Gasteiger partial charge in [0.2, 0.25) is 0 Å². The van der Waals surface area contributed by atoms with Crippen LogP contribution in [0.1, 0.15) is 21.5 Å². The van der Waals surface area contributed by atoms with Crippen LogP contribution < -0.4 is 5.32 Å². The Kier molecular flexibility index (Phi) is 3.71. The summed E-state index contributed by atoms with van der Waals surface area (Å²) in [5.74, 6) is -0.690. The highest BCUT2D eigenvalue weighted by Gasteiger charge is 2.06. The maximum atomic E-state index is 10.8. The molecule has 2 aromatic rings. The molecule has 0 atom stereocenters. The second-order valence-corrected chi connectivity index (χ2v) is 4.32. The van der Waals surface area contributed by atoms with Crippen molar-refractivity contribution in [3.05, 3.63) is 59.2 Å². The fourth-order valence-electron chi connectivity index (χ4n) is 1.85. The zero-order valence-electron chi connectivity index (χ0n) is 10.6. The molecule has 0 saturated carbocycles. The lowest BCUT2D eigenvalue weighted by Crippen LogP contribution is -2.03. The summed E-state index contributed by atoms with van der Waals surface area (Å²) in [6.45, 7) is 2.33.